The molecule has 104 valence electrons. The van der Waals surface area contributed by atoms with Crippen molar-refractivity contribution in [2.45, 2.75) is 6.42 Å². The van der Waals surface area contributed by atoms with Crippen molar-refractivity contribution in [1.29, 1.82) is 0 Å². The highest BCUT2D eigenvalue weighted by molar-refractivity contribution is 9.10. The Morgan fingerprint density at radius 1 is 1.42 bits per heavy atom. The summed E-state index contributed by atoms with van der Waals surface area (Å²) in [6.45, 7) is 0.704. The third-order valence-electron chi connectivity index (χ3n) is 2.98. The molecular weight excluding hydrogens is 357 g/mol. The zero-order chi connectivity index (χ0) is 13.3. The molecular formula is C12H12BrCl2NO3. The van der Waals surface area contributed by atoms with Gasteiger partial charge in [-0.15, -0.1) is 12.4 Å². The van der Waals surface area contributed by atoms with Crippen LogP contribution in [0.2, 0.25) is 5.02 Å². The van der Waals surface area contributed by atoms with Gasteiger partial charge in [0, 0.05) is 17.6 Å². The fourth-order valence-electron chi connectivity index (χ4n) is 1.98. The lowest BCUT2D eigenvalue weighted by molar-refractivity contribution is -0.141. The summed E-state index contributed by atoms with van der Waals surface area (Å²) < 4.78 is 0.768. The minimum Gasteiger partial charge on any atom is -0.481 e. The van der Waals surface area contributed by atoms with E-state index >= 15 is 0 Å². The molecule has 0 radical (unpaired) electrons. The first kappa shape index (κ1) is 16.3. The fourth-order valence-corrected chi connectivity index (χ4v) is 2.54. The lowest BCUT2D eigenvalue weighted by atomic mass is 10.1. The van der Waals surface area contributed by atoms with E-state index in [0.717, 1.165) is 4.47 Å². The largest absolute Gasteiger partial charge is 0.481 e. The van der Waals surface area contributed by atoms with Gasteiger partial charge in [0.1, 0.15) is 0 Å². The van der Waals surface area contributed by atoms with E-state index in [1.165, 1.54) is 4.90 Å². The highest BCUT2D eigenvalue weighted by Gasteiger charge is 2.31. The number of carbonyl (C=O) groups is 2. The molecule has 1 unspecified atom stereocenters. The van der Waals surface area contributed by atoms with E-state index in [-0.39, 0.29) is 24.9 Å². The second-order valence-corrected chi connectivity index (χ2v) is 5.52. The average Bonchev–Trinajstić information content (AvgIpc) is 2.81. The minimum atomic E-state index is -0.856. The molecule has 1 saturated heterocycles. The van der Waals surface area contributed by atoms with Crippen LogP contribution in [0.15, 0.2) is 22.7 Å². The Balaban J connectivity index is 0.00000180. The van der Waals surface area contributed by atoms with Gasteiger partial charge in [-0.1, -0.05) is 27.5 Å². The number of amides is 1. The smallest absolute Gasteiger partial charge is 0.308 e. The van der Waals surface area contributed by atoms with Crippen LogP contribution in [0.1, 0.15) is 16.8 Å². The number of halogens is 3. The Morgan fingerprint density at radius 3 is 2.68 bits per heavy atom. The van der Waals surface area contributed by atoms with Crippen molar-refractivity contribution in [1.82, 2.24) is 4.90 Å². The van der Waals surface area contributed by atoms with E-state index in [4.69, 9.17) is 16.7 Å². The van der Waals surface area contributed by atoms with Gasteiger partial charge in [-0.3, -0.25) is 9.59 Å². The topological polar surface area (TPSA) is 57.6 Å². The average molecular weight is 369 g/mol. The molecule has 0 saturated carbocycles. The Morgan fingerprint density at radius 2 is 2.11 bits per heavy atom. The molecule has 0 aromatic heterocycles. The first-order valence-electron chi connectivity index (χ1n) is 5.46. The Kier molecular flexibility index (Phi) is 5.64. The summed E-state index contributed by atoms with van der Waals surface area (Å²) in [5.41, 5.74) is 0.400. The summed E-state index contributed by atoms with van der Waals surface area (Å²) in [7, 11) is 0. The zero-order valence-electron chi connectivity index (χ0n) is 9.81. The van der Waals surface area contributed by atoms with Crippen molar-refractivity contribution < 1.29 is 14.7 Å². The predicted octanol–water partition coefficient (Wildman–Crippen LogP) is 3.07. The number of hydrogen-bond acceptors (Lipinski definition) is 2. The standard InChI is InChI=1S/C12H11BrClNO3.ClH/c13-8-1-2-10(14)9(5-8)11(16)15-4-3-7(6-15)12(17)18;/h1-2,5,7H,3-4,6H2,(H,17,18);1H. The number of hydrogen-bond donors (Lipinski definition) is 1. The first-order chi connectivity index (χ1) is 8.49. The van der Waals surface area contributed by atoms with E-state index in [1.807, 2.05) is 0 Å². The van der Waals surface area contributed by atoms with Gasteiger partial charge >= 0.3 is 5.97 Å². The maximum Gasteiger partial charge on any atom is 0.308 e. The van der Waals surface area contributed by atoms with Gasteiger partial charge in [-0.05, 0) is 24.6 Å². The molecule has 1 aliphatic heterocycles. The van der Waals surface area contributed by atoms with Crippen LogP contribution in [0.25, 0.3) is 0 Å². The number of carboxylic acid groups (broad SMARTS) is 1. The third kappa shape index (κ3) is 3.61. The molecule has 2 rings (SSSR count). The number of aliphatic carboxylic acids is 1. The fraction of sp³-hybridized carbons (Fsp3) is 0.333. The second-order valence-electron chi connectivity index (χ2n) is 4.20. The molecule has 1 aromatic carbocycles. The lowest BCUT2D eigenvalue weighted by Gasteiger charge is -2.16. The molecule has 1 aliphatic rings. The molecule has 19 heavy (non-hydrogen) atoms. The summed E-state index contributed by atoms with van der Waals surface area (Å²) in [6.07, 6.45) is 0.493. The van der Waals surface area contributed by atoms with Crippen LogP contribution in [-0.2, 0) is 4.79 Å². The second kappa shape index (κ2) is 6.59. The van der Waals surface area contributed by atoms with Gasteiger partial charge in [0.2, 0.25) is 0 Å². The molecule has 4 nitrogen and oxygen atoms in total. The molecule has 0 aliphatic carbocycles. The molecule has 1 aromatic rings. The van der Waals surface area contributed by atoms with Gasteiger partial charge in [0.25, 0.3) is 5.91 Å². The summed E-state index contributed by atoms with van der Waals surface area (Å²) in [5, 5.41) is 9.29. The molecule has 1 fully saturated rings. The van der Waals surface area contributed by atoms with E-state index in [2.05, 4.69) is 15.9 Å². The normalized spacial score (nSPS) is 18.0. The van der Waals surface area contributed by atoms with Crippen LogP contribution in [-0.4, -0.2) is 35.0 Å². The molecule has 1 N–H and O–H groups in total. The molecule has 1 heterocycles. The Bertz CT molecular complexity index is 510. The van der Waals surface area contributed by atoms with Crippen LogP contribution in [0, 0.1) is 5.92 Å². The molecule has 1 atom stereocenters. The quantitative estimate of drug-likeness (QED) is 0.872. The van der Waals surface area contributed by atoms with Crippen LogP contribution >= 0.6 is 39.9 Å². The summed E-state index contributed by atoms with van der Waals surface area (Å²) in [5.74, 6) is -1.55. The highest BCUT2D eigenvalue weighted by Crippen LogP contribution is 2.25. The van der Waals surface area contributed by atoms with Crippen LogP contribution in [0.4, 0.5) is 0 Å². The molecule has 1 amide bonds. The van der Waals surface area contributed by atoms with Crippen LogP contribution < -0.4 is 0 Å². The highest BCUT2D eigenvalue weighted by atomic mass is 79.9. The lowest BCUT2D eigenvalue weighted by Crippen LogP contribution is -2.30. The predicted molar refractivity (Wildman–Crippen MR) is 78.0 cm³/mol. The maximum atomic E-state index is 12.2. The monoisotopic (exact) mass is 367 g/mol. The van der Waals surface area contributed by atoms with E-state index < -0.39 is 11.9 Å². The zero-order valence-corrected chi connectivity index (χ0v) is 13.0. The SMILES string of the molecule is Cl.O=C(O)C1CCN(C(=O)c2cc(Br)ccc2Cl)C1. The van der Waals surface area contributed by atoms with Crippen molar-refractivity contribution in [3.05, 3.63) is 33.3 Å². The number of benzene rings is 1. The van der Waals surface area contributed by atoms with Crippen molar-refractivity contribution >= 4 is 51.8 Å². The maximum absolute atomic E-state index is 12.2. The van der Waals surface area contributed by atoms with Gasteiger partial charge in [-0.25, -0.2) is 0 Å². The number of nitrogens with zero attached hydrogens (tertiary/aromatic N) is 1. The van der Waals surface area contributed by atoms with E-state index in [1.54, 1.807) is 18.2 Å². The van der Waals surface area contributed by atoms with E-state index in [0.29, 0.717) is 23.6 Å². The molecule has 0 bridgehead atoms. The van der Waals surface area contributed by atoms with Crippen LogP contribution in [0.5, 0.6) is 0 Å². The van der Waals surface area contributed by atoms with Gasteiger partial charge in [0.05, 0.1) is 16.5 Å². The van der Waals surface area contributed by atoms with Gasteiger partial charge in [0.15, 0.2) is 0 Å². The summed E-state index contributed by atoms with van der Waals surface area (Å²) in [6, 6.07) is 5.05. The number of likely N-dealkylation sites (tertiary alicyclic amines) is 1. The minimum absolute atomic E-state index is 0. The van der Waals surface area contributed by atoms with Crippen LogP contribution in [0.3, 0.4) is 0 Å². The summed E-state index contributed by atoms with van der Waals surface area (Å²) >= 11 is 9.27. The van der Waals surface area contributed by atoms with Crippen molar-refractivity contribution in [2.24, 2.45) is 5.92 Å². The molecule has 7 heteroatoms. The summed E-state index contributed by atoms with van der Waals surface area (Å²) in [4.78, 5) is 24.6. The number of carboxylic acids is 1. The molecule has 0 spiro atoms. The number of carbonyl (C=O) groups excluding carboxylic acids is 1. The van der Waals surface area contributed by atoms with Crippen molar-refractivity contribution in [2.75, 3.05) is 13.1 Å². The first-order valence-corrected chi connectivity index (χ1v) is 6.63. The van der Waals surface area contributed by atoms with Crippen molar-refractivity contribution in [3.63, 3.8) is 0 Å². The van der Waals surface area contributed by atoms with Gasteiger partial charge < -0.3 is 10.0 Å². The van der Waals surface area contributed by atoms with Gasteiger partial charge in [-0.2, -0.15) is 0 Å². The van der Waals surface area contributed by atoms with Crippen molar-refractivity contribution in [3.8, 4) is 0 Å². The third-order valence-corrected chi connectivity index (χ3v) is 3.81. The number of rotatable bonds is 2. The Hall–Kier alpha value is -0.780. The van der Waals surface area contributed by atoms with E-state index in [9.17, 15) is 9.59 Å². The Labute approximate surface area is 130 Å².